The third-order valence-corrected chi connectivity index (χ3v) is 6.32. The molecule has 198 valence electrons. The summed E-state index contributed by atoms with van der Waals surface area (Å²) < 4.78 is 16.8. The molecule has 1 unspecified atom stereocenters. The SMILES string of the molecule is CCOc1ccc(/C(O)=C2\C(=O)C(=O)N(Cc3cccc(OC)c3)C2c2cccc(OC(C)C)c2)cc1C. The number of rotatable bonds is 9. The predicted molar refractivity (Wildman–Crippen MR) is 145 cm³/mol. The second-order valence-corrected chi connectivity index (χ2v) is 9.43. The fourth-order valence-corrected chi connectivity index (χ4v) is 4.66. The van der Waals surface area contributed by atoms with Gasteiger partial charge in [0, 0.05) is 12.1 Å². The van der Waals surface area contributed by atoms with Gasteiger partial charge in [-0.05, 0) is 86.8 Å². The van der Waals surface area contributed by atoms with Crippen LogP contribution < -0.4 is 14.2 Å². The van der Waals surface area contributed by atoms with Crippen LogP contribution in [0.2, 0.25) is 0 Å². The van der Waals surface area contributed by atoms with E-state index in [0.717, 1.165) is 11.1 Å². The first-order valence-electron chi connectivity index (χ1n) is 12.6. The zero-order chi connectivity index (χ0) is 27.4. The Balaban J connectivity index is 1.85. The van der Waals surface area contributed by atoms with Crippen LogP contribution in [0.1, 0.15) is 49.1 Å². The first kappa shape index (κ1) is 26.8. The molecule has 4 rings (SSSR count). The van der Waals surface area contributed by atoms with Crippen molar-refractivity contribution in [3.05, 3.63) is 94.6 Å². The number of aliphatic hydroxyl groups excluding tert-OH is 1. The molecular formula is C31H33NO6. The Bertz CT molecular complexity index is 1380. The topological polar surface area (TPSA) is 85.3 Å². The van der Waals surface area contributed by atoms with Gasteiger partial charge in [0.05, 0.1) is 31.4 Å². The predicted octanol–water partition coefficient (Wildman–Crippen LogP) is 5.81. The first-order valence-corrected chi connectivity index (χ1v) is 12.6. The summed E-state index contributed by atoms with van der Waals surface area (Å²) in [4.78, 5) is 28.4. The lowest BCUT2D eigenvalue weighted by atomic mass is 9.94. The van der Waals surface area contributed by atoms with E-state index in [1.807, 2.05) is 76.2 Å². The second-order valence-electron chi connectivity index (χ2n) is 9.43. The Morgan fingerprint density at radius 1 is 1.00 bits per heavy atom. The first-order chi connectivity index (χ1) is 18.2. The third-order valence-electron chi connectivity index (χ3n) is 6.32. The summed E-state index contributed by atoms with van der Waals surface area (Å²) in [5.41, 5.74) is 2.73. The highest BCUT2D eigenvalue weighted by atomic mass is 16.5. The van der Waals surface area contributed by atoms with Crippen molar-refractivity contribution in [3.8, 4) is 17.2 Å². The van der Waals surface area contributed by atoms with Crippen LogP contribution in [0, 0.1) is 6.92 Å². The summed E-state index contributed by atoms with van der Waals surface area (Å²) in [6.07, 6.45) is -0.0553. The number of aliphatic hydroxyl groups is 1. The van der Waals surface area contributed by atoms with Crippen molar-refractivity contribution >= 4 is 17.4 Å². The maximum atomic E-state index is 13.5. The van der Waals surface area contributed by atoms with Crippen LogP contribution in [0.3, 0.4) is 0 Å². The van der Waals surface area contributed by atoms with E-state index in [0.29, 0.717) is 35.0 Å². The van der Waals surface area contributed by atoms with Crippen LogP contribution in [0.25, 0.3) is 5.76 Å². The average Bonchev–Trinajstić information content (AvgIpc) is 3.14. The molecule has 1 N–H and O–H groups in total. The molecule has 0 spiro atoms. The molecule has 0 radical (unpaired) electrons. The molecule has 7 heteroatoms. The van der Waals surface area contributed by atoms with E-state index in [2.05, 4.69) is 0 Å². The quantitative estimate of drug-likeness (QED) is 0.220. The van der Waals surface area contributed by atoms with E-state index >= 15 is 0 Å². The minimum absolute atomic E-state index is 0.0307. The molecule has 1 atom stereocenters. The Hall–Kier alpha value is -4.26. The number of hydrogen-bond acceptors (Lipinski definition) is 6. The van der Waals surface area contributed by atoms with Crippen molar-refractivity contribution in [2.24, 2.45) is 0 Å². The Morgan fingerprint density at radius 3 is 2.42 bits per heavy atom. The van der Waals surface area contributed by atoms with Gasteiger partial charge in [0.25, 0.3) is 11.7 Å². The number of ether oxygens (including phenoxy) is 3. The lowest BCUT2D eigenvalue weighted by Gasteiger charge is -2.26. The van der Waals surface area contributed by atoms with Gasteiger partial charge in [0.1, 0.15) is 23.0 Å². The molecule has 0 bridgehead atoms. The number of amides is 1. The molecule has 1 aliphatic heterocycles. The molecule has 1 amide bonds. The number of benzene rings is 3. The second kappa shape index (κ2) is 11.4. The maximum Gasteiger partial charge on any atom is 0.295 e. The highest BCUT2D eigenvalue weighted by Gasteiger charge is 2.46. The number of hydrogen-bond donors (Lipinski definition) is 1. The Labute approximate surface area is 223 Å². The fourth-order valence-electron chi connectivity index (χ4n) is 4.66. The van der Waals surface area contributed by atoms with E-state index in [1.54, 1.807) is 25.3 Å². The molecule has 38 heavy (non-hydrogen) atoms. The zero-order valence-electron chi connectivity index (χ0n) is 22.4. The van der Waals surface area contributed by atoms with Crippen molar-refractivity contribution in [2.45, 2.75) is 46.4 Å². The minimum Gasteiger partial charge on any atom is -0.507 e. The van der Waals surface area contributed by atoms with Crippen LogP contribution in [0.15, 0.2) is 72.3 Å². The van der Waals surface area contributed by atoms with Crippen LogP contribution in [-0.4, -0.2) is 41.5 Å². The summed E-state index contributed by atoms with van der Waals surface area (Å²) >= 11 is 0. The van der Waals surface area contributed by atoms with Gasteiger partial charge in [-0.15, -0.1) is 0 Å². The van der Waals surface area contributed by atoms with Crippen molar-refractivity contribution in [1.29, 1.82) is 0 Å². The van der Waals surface area contributed by atoms with Gasteiger partial charge in [-0.25, -0.2) is 0 Å². The summed E-state index contributed by atoms with van der Waals surface area (Å²) in [6.45, 7) is 8.28. The van der Waals surface area contributed by atoms with Gasteiger partial charge in [-0.2, -0.15) is 0 Å². The van der Waals surface area contributed by atoms with Gasteiger partial charge < -0.3 is 24.2 Å². The number of Topliss-reactive ketones (excluding diaryl/α,β-unsaturated/α-hetero) is 1. The number of aryl methyl sites for hydroxylation is 1. The molecule has 3 aromatic rings. The molecule has 3 aromatic carbocycles. The van der Waals surface area contributed by atoms with Crippen molar-refractivity contribution in [1.82, 2.24) is 4.90 Å². The van der Waals surface area contributed by atoms with Crippen LogP contribution in [-0.2, 0) is 16.1 Å². The molecule has 0 saturated carbocycles. The third kappa shape index (κ3) is 5.52. The van der Waals surface area contributed by atoms with Gasteiger partial charge >= 0.3 is 0 Å². The Kier molecular flexibility index (Phi) is 8.05. The fraction of sp³-hybridized carbons (Fsp3) is 0.290. The van der Waals surface area contributed by atoms with Crippen LogP contribution in [0.4, 0.5) is 0 Å². The molecule has 7 nitrogen and oxygen atoms in total. The van der Waals surface area contributed by atoms with E-state index in [4.69, 9.17) is 14.2 Å². The van der Waals surface area contributed by atoms with Crippen LogP contribution >= 0.6 is 0 Å². The molecule has 1 aliphatic rings. The Morgan fingerprint density at radius 2 is 1.74 bits per heavy atom. The summed E-state index contributed by atoms with van der Waals surface area (Å²) in [5, 5.41) is 11.5. The van der Waals surface area contributed by atoms with E-state index < -0.39 is 17.7 Å². The minimum atomic E-state index is -0.816. The van der Waals surface area contributed by atoms with Crippen LogP contribution in [0.5, 0.6) is 17.2 Å². The highest BCUT2D eigenvalue weighted by Crippen LogP contribution is 2.41. The zero-order valence-corrected chi connectivity index (χ0v) is 22.4. The number of ketones is 1. The molecule has 1 saturated heterocycles. The van der Waals surface area contributed by atoms with E-state index in [9.17, 15) is 14.7 Å². The molecule has 0 aromatic heterocycles. The van der Waals surface area contributed by atoms with Crippen molar-refractivity contribution in [3.63, 3.8) is 0 Å². The molecule has 1 heterocycles. The van der Waals surface area contributed by atoms with E-state index in [1.165, 1.54) is 4.90 Å². The maximum absolute atomic E-state index is 13.5. The van der Waals surface area contributed by atoms with E-state index in [-0.39, 0.29) is 24.0 Å². The van der Waals surface area contributed by atoms with Gasteiger partial charge in [-0.1, -0.05) is 24.3 Å². The number of likely N-dealkylation sites (tertiary alicyclic amines) is 1. The number of carbonyl (C=O) groups is 2. The summed E-state index contributed by atoms with van der Waals surface area (Å²) in [6, 6.07) is 19.0. The molecule has 1 fully saturated rings. The number of nitrogens with zero attached hydrogens (tertiary/aromatic N) is 1. The number of carbonyl (C=O) groups excluding carboxylic acids is 2. The standard InChI is InChI=1S/C31H33NO6/c1-6-37-26-14-13-23(15-20(26)4)29(33)27-28(22-10-8-12-25(17-22)38-19(2)3)32(31(35)30(27)34)18-21-9-7-11-24(16-21)36-5/h7-17,19,28,33H,6,18H2,1-5H3/b29-27+. The largest absolute Gasteiger partial charge is 0.507 e. The van der Waals surface area contributed by atoms with Crippen molar-refractivity contribution in [2.75, 3.05) is 13.7 Å². The van der Waals surface area contributed by atoms with Gasteiger partial charge in [0.15, 0.2) is 0 Å². The average molecular weight is 516 g/mol. The smallest absolute Gasteiger partial charge is 0.295 e. The highest BCUT2D eigenvalue weighted by molar-refractivity contribution is 6.46. The summed E-state index contributed by atoms with van der Waals surface area (Å²) in [7, 11) is 1.57. The van der Waals surface area contributed by atoms with Gasteiger partial charge in [0.2, 0.25) is 0 Å². The summed E-state index contributed by atoms with van der Waals surface area (Å²) in [5.74, 6) is 0.295. The normalized spacial score (nSPS) is 16.7. The lowest BCUT2D eigenvalue weighted by Crippen LogP contribution is -2.29. The monoisotopic (exact) mass is 515 g/mol. The van der Waals surface area contributed by atoms with Gasteiger partial charge in [-0.3, -0.25) is 9.59 Å². The molecular weight excluding hydrogens is 482 g/mol. The molecule has 0 aliphatic carbocycles. The van der Waals surface area contributed by atoms with Crippen molar-refractivity contribution < 1.29 is 28.9 Å². The number of methoxy groups -OCH3 is 1. The lowest BCUT2D eigenvalue weighted by molar-refractivity contribution is -0.140.